The molecule has 2 amide bonds. The number of nitrogens with zero attached hydrogens (tertiary/aromatic N) is 6. The van der Waals surface area contributed by atoms with Gasteiger partial charge in [0.25, 0.3) is 0 Å². The van der Waals surface area contributed by atoms with Crippen LogP contribution in [0, 0.1) is 42.4 Å². The summed E-state index contributed by atoms with van der Waals surface area (Å²) in [6.07, 6.45) is 23.9. The lowest BCUT2D eigenvalue weighted by atomic mass is 9.51. The van der Waals surface area contributed by atoms with E-state index in [1.165, 1.54) is 16.7 Å². The Labute approximate surface area is 501 Å². The van der Waals surface area contributed by atoms with E-state index in [1.54, 1.807) is 19.6 Å². The van der Waals surface area contributed by atoms with Crippen LogP contribution in [0.1, 0.15) is 195 Å². The van der Waals surface area contributed by atoms with Gasteiger partial charge in [0.05, 0.1) is 25.9 Å². The molecule has 2 atom stereocenters. The molecule has 0 radical (unpaired) electrons. The van der Waals surface area contributed by atoms with Gasteiger partial charge < -0.3 is 28.6 Å². The quantitative estimate of drug-likeness (QED) is 0.0885. The van der Waals surface area contributed by atoms with Crippen LogP contribution >= 0.6 is 0 Å². The Hall–Kier alpha value is -6.38. The summed E-state index contributed by atoms with van der Waals surface area (Å²) in [5, 5.41) is 25.4. The van der Waals surface area contributed by atoms with Crippen LogP contribution in [0.15, 0.2) is 94.3 Å². The monoisotopic (exact) mass is 1150 g/mol. The minimum absolute atomic E-state index is 0.00162. The SMILES string of the molecule is COc1ccc(C23CCC(CN(C(=O)C4CCC(O)CC4)c4cc(-c5cc(C6CC6COc6ccc(C78CCC(CN(C(=O)C9CCC(O)CC9)c9cc(-c%10coc(C(C)(C)C)n%10)ccn9)(CC7)CC8)cc6C)on5)ccn4)(CC2)CC3)cc1C. The Morgan fingerprint density at radius 1 is 0.624 bits per heavy atom. The number of aliphatic hydroxyl groups excluding tert-OH is 2. The molecular weight excluding hydrogens is 1060 g/mol. The van der Waals surface area contributed by atoms with Gasteiger partial charge in [0, 0.05) is 71.8 Å². The number of amides is 2. The number of pyridine rings is 2. The number of oxazole rings is 1. The number of rotatable bonds is 17. The van der Waals surface area contributed by atoms with E-state index in [1.807, 2.05) is 40.3 Å². The normalized spacial score (nSPS) is 29.8. The van der Waals surface area contributed by atoms with Crippen molar-refractivity contribution >= 4 is 23.5 Å². The molecule has 4 aromatic heterocycles. The maximum atomic E-state index is 14.7. The summed E-state index contributed by atoms with van der Waals surface area (Å²) in [7, 11) is 1.74. The summed E-state index contributed by atoms with van der Waals surface area (Å²) in [5.74, 6) is 5.23. The van der Waals surface area contributed by atoms with Crippen LogP contribution in [-0.2, 0) is 25.8 Å². The number of benzene rings is 2. The molecule has 0 aliphatic heterocycles. The zero-order valence-corrected chi connectivity index (χ0v) is 51.0. The van der Waals surface area contributed by atoms with Crippen molar-refractivity contribution in [3.8, 4) is 34.0 Å². The number of hydrogen-bond donors (Lipinski definition) is 2. The van der Waals surface area contributed by atoms with E-state index < -0.39 is 0 Å². The van der Waals surface area contributed by atoms with Crippen molar-refractivity contribution in [1.29, 1.82) is 0 Å². The number of aliphatic hydroxyl groups is 2. The molecule has 2 unspecified atom stereocenters. The molecule has 9 fully saturated rings. The number of fused-ring (bicyclic) bond motifs is 6. The fourth-order valence-electron chi connectivity index (χ4n) is 16.3. The Morgan fingerprint density at radius 2 is 1.11 bits per heavy atom. The first kappa shape index (κ1) is 57.7. The predicted octanol–water partition coefficient (Wildman–Crippen LogP) is 14.2. The zero-order valence-electron chi connectivity index (χ0n) is 51.0. The van der Waals surface area contributed by atoms with E-state index in [9.17, 15) is 19.8 Å². The highest BCUT2D eigenvalue weighted by atomic mass is 16.5. The van der Waals surface area contributed by atoms with Gasteiger partial charge in [0.1, 0.15) is 46.5 Å². The van der Waals surface area contributed by atoms with Gasteiger partial charge in [-0.25, -0.2) is 15.0 Å². The van der Waals surface area contributed by atoms with E-state index in [-0.39, 0.29) is 68.9 Å². The van der Waals surface area contributed by atoms with Gasteiger partial charge in [-0.05, 0) is 229 Å². The van der Waals surface area contributed by atoms with Gasteiger partial charge in [-0.1, -0.05) is 50.2 Å². The maximum Gasteiger partial charge on any atom is 0.231 e. The second-order valence-electron chi connectivity index (χ2n) is 28.7. The van der Waals surface area contributed by atoms with Gasteiger partial charge in [0.15, 0.2) is 5.89 Å². The zero-order chi connectivity index (χ0) is 58.9. The van der Waals surface area contributed by atoms with E-state index in [2.05, 4.69) is 82.2 Å². The highest BCUT2D eigenvalue weighted by Gasteiger charge is 2.53. The largest absolute Gasteiger partial charge is 0.496 e. The van der Waals surface area contributed by atoms with Crippen LogP contribution in [-0.4, -0.2) is 81.2 Å². The number of carbonyl (C=O) groups excluding carboxylic acids is 2. The number of aryl methyl sites for hydroxylation is 2. The Bertz CT molecular complexity index is 3370. The first-order valence-electron chi connectivity index (χ1n) is 32.1. The number of ether oxygens (including phenoxy) is 2. The molecule has 9 saturated carbocycles. The van der Waals surface area contributed by atoms with Crippen molar-refractivity contribution < 1.29 is 38.2 Å². The molecule has 15 rings (SSSR count). The van der Waals surface area contributed by atoms with Crippen LogP contribution < -0.4 is 19.3 Å². The van der Waals surface area contributed by atoms with E-state index in [0.29, 0.717) is 94.5 Å². The number of hydrogen-bond acceptors (Lipinski definition) is 12. The lowest BCUT2D eigenvalue weighted by Crippen LogP contribution is -2.52. The summed E-state index contributed by atoms with van der Waals surface area (Å²) in [6, 6.07) is 23.6. The molecule has 9 aliphatic rings. The topological polar surface area (TPSA) is 177 Å². The van der Waals surface area contributed by atoms with Crippen molar-refractivity contribution in [2.75, 3.05) is 36.6 Å². The molecule has 14 heteroatoms. The van der Waals surface area contributed by atoms with Gasteiger partial charge in [-0.2, -0.15) is 0 Å². The highest BCUT2D eigenvalue weighted by Crippen LogP contribution is 2.60. The minimum Gasteiger partial charge on any atom is -0.496 e. The molecule has 450 valence electrons. The number of methoxy groups -OCH3 is 1. The molecule has 6 aromatic rings. The summed E-state index contributed by atoms with van der Waals surface area (Å²) in [5.41, 5.74) is 8.45. The first-order valence-corrected chi connectivity index (χ1v) is 32.1. The van der Waals surface area contributed by atoms with Crippen molar-refractivity contribution in [3.05, 3.63) is 119 Å². The number of anilines is 2. The van der Waals surface area contributed by atoms with Crippen molar-refractivity contribution in [2.24, 2.45) is 28.6 Å². The van der Waals surface area contributed by atoms with Gasteiger partial charge in [-0.15, -0.1) is 0 Å². The lowest BCUT2D eigenvalue weighted by Gasteiger charge is -2.55. The first-order chi connectivity index (χ1) is 40.9. The van der Waals surface area contributed by atoms with Crippen LogP contribution in [0.4, 0.5) is 11.6 Å². The molecule has 14 nitrogen and oxygen atoms in total. The van der Waals surface area contributed by atoms with Gasteiger partial charge in [0.2, 0.25) is 11.8 Å². The third-order valence-corrected chi connectivity index (χ3v) is 22.3. The predicted molar refractivity (Wildman–Crippen MR) is 328 cm³/mol. The molecule has 0 spiro atoms. The molecular formula is C71H88N6O8. The highest BCUT2D eigenvalue weighted by molar-refractivity contribution is 5.95. The average molecular weight is 1150 g/mol. The second kappa shape index (κ2) is 22.7. The summed E-state index contributed by atoms with van der Waals surface area (Å²) < 4.78 is 24.2. The fraction of sp³-hybridized carbons (Fsp3) is 0.577. The smallest absolute Gasteiger partial charge is 0.231 e. The second-order valence-corrected chi connectivity index (χ2v) is 28.7. The van der Waals surface area contributed by atoms with Crippen LogP contribution in [0.3, 0.4) is 0 Å². The molecule has 9 aliphatic carbocycles. The Morgan fingerprint density at radius 3 is 1.56 bits per heavy atom. The Kier molecular flexibility index (Phi) is 15.4. The van der Waals surface area contributed by atoms with Crippen LogP contribution in [0.2, 0.25) is 0 Å². The fourth-order valence-corrected chi connectivity index (χ4v) is 16.3. The lowest BCUT2D eigenvalue weighted by molar-refractivity contribution is -0.125. The van der Waals surface area contributed by atoms with Crippen LogP contribution in [0.25, 0.3) is 22.5 Å². The number of aromatic nitrogens is 4. The van der Waals surface area contributed by atoms with Crippen LogP contribution in [0.5, 0.6) is 11.5 Å². The molecule has 4 heterocycles. The minimum atomic E-state index is -0.337. The molecule has 4 bridgehead atoms. The number of carbonyl (C=O) groups is 2. The average Bonchev–Trinajstić information content (AvgIpc) is 2.63. The maximum absolute atomic E-state index is 14.7. The van der Waals surface area contributed by atoms with Crippen molar-refractivity contribution in [3.63, 3.8) is 0 Å². The molecule has 0 saturated heterocycles. The standard InChI is InChI=1S/C71H88N6O8/c1-45-35-52(11-17-59(45)82-6)70-27-21-68(22-28-70,23-29-70)43-76(64(80)47-7-13-54(78)14-8-47)62-38-49(19-33-72-62)57-40-61(85-75-57)56-37-51(56)41-83-60-18-12-53(36-46(60)2)71-30-24-69(25-31-71,26-32-71)44-77(65(81)48-9-15-55(79)16-10-48)63-39-50(20-34-73-63)58-42-84-66(74-58)67(3,4)5/h11-12,17-20,33-36,38-40,42,47-48,51,54-56,78-79H,7-10,13-16,21-32,37,41,43-44H2,1-6H3. The molecule has 2 N–H and O–H groups in total. The summed E-state index contributed by atoms with van der Waals surface area (Å²) >= 11 is 0. The van der Waals surface area contributed by atoms with E-state index in [4.69, 9.17) is 33.4 Å². The van der Waals surface area contributed by atoms with Gasteiger partial charge >= 0.3 is 0 Å². The Balaban J connectivity index is 0.643. The van der Waals surface area contributed by atoms with E-state index in [0.717, 1.165) is 129 Å². The third kappa shape index (κ3) is 11.5. The third-order valence-electron chi connectivity index (χ3n) is 22.3. The summed E-state index contributed by atoms with van der Waals surface area (Å²) in [6.45, 7) is 12.4. The molecule has 2 aromatic carbocycles. The summed E-state index contributed by atoms with van der Waals surface area (Å²) in [4.78, 5) is 48.0. The van der Waals surface area contributed by atoms with E-state index >= 15 is 0 Å². The van der Waals surface area contributed by atoms with Crippen molar-refractivity contribution in [2.45, 2.75) is 204 Å². The molecule has 85 heavy (non-hydrogen) atoms. The van der Waals surface area contributed by atoms with Gasteiger partial charge in [-0.3, -0.25) is 19.4 Å². The van der Waals surface area contributed by atoms with Crippen molar-refractivity contribution in [1.82, 2.24) is 20.1 Å².